The molecule has 0 saturated carbocycles. The lowest BCUT2D eigenvalue weighted by Gasteiger charge is -2.06. The van der Waals surface area contributed by atoms with Gasteiger partial charge in [0.15, 0.2) is 0 Å². The van der Waals surface area contributed by atoms with E-state index in [-0.39, 0.29) is 11.4 Å². The molecule has 0 fully saturated rings. The molecule has 94 valence electrons. The molecule has 0 atom stereocenters. The highest BCUT2D eigenvalue weighted by Crippen LogP contribution is 2.22. The van der Waals surface area contributed by atoms with E-state index in [4.69, 9.17) is 16.7 Å². The van der Waals surface area contributed by atoms with Crippen LogP contribution in [0.15, 0.2) is 36.5 Å². The highest BCUT2D eigenvalue weighted by molar-refractivity contribution is 5.98. The van der Waals surface area contributed by atoms with Crippen LogP contribution >= 0.6 is 0 Å². The van der Waals surface area contributed by atoms with Gasteiger partial charge in [0.1, 0.15) is 5.82 Å². The summed E-state index contributed by atoms with van der Waals surface area (Å²) < 4.78 is 0. The minimum absolute atomic E-state index is 0.123. The van der Waals surface area contributed by atoms with Crippen molar-refractivity contribution in [3.8, 4) is 17.2 Å². The smallest absolute Gasteiger partial charge is 0.252 e. The van der Waals surface area contributed by atoms with Crippen LogP contribution in [0.1, 0.15) is 15.9 Å². The van der Waals surface area contributed by atoms with Gasteiger partial charge in [0.25, 0.3) is 5.91 Å². The summed E-state index contributed by atoms with van der Waals surface area (Å²) in [6.07, 6.45) is 1.95. The first kappa shape index (κ1) is 12.6. The van der Waals surface area contributed by atoms with Crippen LogP contribution in [-0.4, -0.2) is 10.9 Å². The lowest BCUT2D eigenvalue weighted by Crippen LogP contribution is -2.14. The summed E-state index contributed by atoms with van der Waals surface area (Å²) in [5.74, 6) is -0.481. The molecule has 0 saturated heterocycles. The number of rotatable bonds is 3. The van der Waals surface area contributed by atoms with Gasteiger partial charge in [-0.1, -0.05) is 24.3 Å². The molecule has 0 radical (unpaired) electrons. The molecule has 1 aromatic heterocycles. The Morgan fingerprint density at radius 2 is 1.95 bits per heavy atom. The molecule has 0 aliphatic carbocycles. The van der Waals surface area contributed by atoms with Crippen molar-refractivity contribution in [1.82, 2.24) is 4.98 Å². The molecule has 5 heteroatoms. The van der Waals surface area contributed by atoms with Gasteiger partial charge in [-0.2, -0.15) is 5.26 Å². The number of amides is 1. The number of carbonyl (C=O) groups is 1. The van der Waals surface area contributed by atoms with Gasteiger partial charge < -0.3 is 11.5 Å². The molecule has 19 heavy (non-hydrogen) atoms. The first-order valence-electron chi connectivity index (χ1n) is 5.63. The molecule has 2 rings (SSSR count). The van der Waals surface area contributed by atoms with E-state index in [1.165, 1.54) is 0 Å². The summed E-state index contributed by atoms with van der Waals surface area (Å²) in [4.78, 5) is 15.2. The molecule has 2 aromatic rings. The number of nitrogens with zero attached hydrogens (tertiary/aromatic N) is 2. The molecule has 5 nitrogen and oxygen atoms in total. The van der Waals surface area contributed by atoms with E-state index in [0.29, 0.717) is 6.42 Å². The van der Waals surface area contributed by atoms with Crippen LogP contribution in [0.3, 0.4) is 0 Å². The Kier molecular flexibility index (Phi) is 3.44. The summed E-state index contributed by atoms with van der Waals surface area (Å²) >= 11 is 0. The van der Waals surface area contributed by atoms with Gasteiger partial charge >= 0.3 is 0 Å². The van der Waals surface area contributed by atoms with E-state index in [1.807, 2.05) is 24.3 Å². The van der Waals surface area contributed by atoms with E-state index in [0.717, 1.165) is 16.7 Å². The SMILES string of the molecule is N#CCc1ccc(-c2cnc(N)c(C(N)=O)c2)cc1. The maximum absolute atomic E-state index is 11.2. The zero-order valence-electron chi connectivity index (χ0n) is 10.1. The highest BCUT2D eigenvalue weighted by Gasteiger charge is 2.09. The van der Waals surface area contributed by atoms with Crippen molar-refractivity contribution in [2.75, 3.05) is 5.73 Å². The van der Waals surface area contributed by atoms with Crippen LogP contribution in [-0.2, 0) is 6.42 Å². The molecule has 0 unspecified atom stereocenters. The predicted molar refractivity (Wildman–Crippen MR) is 71.9 cm³/mol. The molecule has 0 aliphatic rings. The predicted octanol–water partition coefficient (Wildman–Crippen LogP) is 1.50. The monoisotopic (exact) mass is 252 g/mol. The fraction of sp³-hybridized carbons (Fsp3) is 0.0714. The maximum Gasteiger partial charge on any atom is 0.252 e. The van der Waals surface area contributed by atoms with E-state index < -0.39 is 5.91 Å². The summed E-state index contributed by atoms with van der Waals surface area (Å²) in [5, 5.41) is 8.61. The zero-order valence-corrected chi connectivity index (χ0v) is 10.1. The molecular weight excluding hydrogens is 240 g/mol. The topological polar surface area (TPSA) is 106 Å². The van der Waals surface area contributed by atoms with Gasteiger partial charge in [-0.3, -0.25) is 4.79 Å². The van der Waals surface area contributed by atoms with Crippen molar-refractivity contribution < 1.29 is 4.79 Å². The Labute approximate surface area is 110 Å². The van der Waals surface area contributed by atoms with Gasteiger partial charge in [-0.05, 0) is 17.2 Å². The standard InChI is InChI=1S/C14H12N4O/c15-6-5-9-1-3-10(4-2-9)11-7-12(14(17)19)13(16)18-8-11/h1-4,7-8H,5H2,(H2,16,18)(H2,17,19). The number of aromatic nitrogens is 1. The summed E-state index contributed by atoms with van der Waals surface area (Å²) in [6, 6.07) is 11.2. The summed E-state index contributed by atoms with van der Waals surface area (Å²) in [7, 11) is 0. The van der Waals surface area contributed by atoms with Crippen LogP contribution in [0.2, 0.25) is 0 Å². The van der Waals surface area contributed by atoms with Crippen LogP contribution in [0.4, 0.5) is 5.82 Å². The second-order valence-corrected chi connectivity index (χ2v) is 4.05. The molecule has 0 spiro atoms. The van der Waals surface area contributed by atoms with Gasteiger partial charge in [0, 0.05) is 11.8 Å². The largest absolute Gasteiger partial charge is 0.383 e. The fourth-order valence-electron chi connectivity index (χ4n) is 1.74. The van der Waals surface area contributed by atoms with E-state index in [1.54, 1.807) is 12.3 Å². The number of anilines is 1. The minimum Gasteiger partial charge on any atom is -0.383 e. The number of nitriles is 1. The Bertz CT molecular complexity index is 656. The average Bonchev–Trinajstić information content (AvgIpc) is 2.40. The first-order valence-corrected chi connectivity index (χ1v) is 5.63. The first-order chi connectivity index (χ1) is 9.11. The average molecular weight is 252 g/mol. The van der Waals surface area contributed by atoms with Crippen LogP contribution < -0.4 is 11.5 Å². The number of primary amides is 1. The van der Waals surface area contributed by atoms with Gasteiger partial charge in [-0.25, -0.2) is 4.98 Å². The normalized spacial score (nSPS) is 9.84. The number of nitrogens with two attached hydrogens (primary N) is 2. The molecule has 4 N–H and O–H groups in total. The Morgan fingerprint density at radius 3 is 2.53 bits per heavy atom. The van der Waals surface area contributed by atoms with Gasteiger partial charge in [0.2, 0.25) is 0 Å². The third-order valence-corrected chi connectivity index (χ3v) is 2.75. The van der Waals surface area contributed by atoms with Crippen molar-refractivity contribution in [3.63, 3.8) is 0 Å². The van der Waals surface area contributed by atoms with Crippen LogP contribution in [0, 0.1) is 11.3 Å². The Hall–Kier alpha value is -2.87. The van der Waals surface area contributed by atoms with E-state index in [2.05, 4.69) is 11.1 Å². The van der Waals surface area contributed by atoms with Gasteiger partial charge in [-0.15, -0.1) is 0 Å². The zero-order chi connectivity index (χ0) is 13.8. The number of hydrogen-bond acceptors (Lipinski definition) is 4. The molecule has 1 heterocycles. The Balaban J connectivity index is 2.39. The van der Waals surface area contributed by atoms with E-state index in [9.17, 15) is 4.79 Å². The highest BCUT2D eigenvalue weighted by atomic mass is 16.1. The van der Waals surface area contributed by atoms with Crippen molar-refractivity contribution >= 4 is 11.7 Å². The van der Waals surface area contributed by atoms with Crippen LogP contribution in [0.5, 0.6) is 0 Å². The number of hydrogen-bond donors (Lipinski definition) is 2. The molecule has 1 aromatic carbocycles. The second-order valence-electron chi connectivity index (χ2n) is 4.05. The lowest BCUT2D eigenvalue weighted by molar-refractivity contribution is 0.100. The quantitative estimate of drug-likeness (QED) is 0.863. The lowest BCUT2D eigenvalue weighted by atomic mass is 10.0. The third-order valence-electron chi connectivity index (χ3n) is 2.75. The Morgan fingerprint density at radius 1 is 1.26 bits per heavy atom. The summed E-state index contributed by atoms with van der Waals surface area (Å²) in [6.45, 7) is 0. The minimum atomic E-state index is -0.604. The molecule has 0 aliphatic heterocycles. The van der Waals surface area contributed by atoms with Crippen LogP contribution in [0.25, 0.3) is 11.1 Å². The van der Waals surface area contributed by atoms with Crippen molar-refractivity contribution in [1.29, 1.82) is 5.26 Å². The number of nitrogen functional groups attached to an aromatic ring is 1. The summed E-state index contributed by atoms with van der Waals surface area (Å²) in [5.41, 5.74) is 13.6. The van der Waals surface area contributed by atoms with Gasteiger partial charge in [0.05, 0.1) is 18.1 Å². The molecule has 0 bridgehead atoms. The second kappa shape index (κ2) is 5.19. The van der Waals surface area contributed by atoms with Crippen molar-refractivity contribution in [2.24, 2.45) is 5.73 Å². The number of pyridine rings is 1. The number of carbonyl (C=O) groups excluding carboxylic acids is 1. The third kappa shape index (κ3) is 2.69. The number of benzene rings is 1. The fourth-order valence-corrected chi connectivity index (χ4v) is 1.74. The molecule has 1 amide bonds. The molecular formula is C14H12N4O. The maximum atomic E-state index is 11.2. The van der Waals surface area contributed by atoms with E-state index >= 15 is 0 Å². The van der Waals surface area contributed by atoms with Crippen molar-refractivity contribution in [3.05, 3.63) is 47.7 Å². The van der Waals surface area contributed by atoms with Crippen molar-refractivity contribution in [2.45, 2.75) is 6.42 Å².